The highest BCUT2D eigenvalue weighted by Gasteiger charge is 2.67. The summed E-state index contributed by atoms with van der Waals surface area (Å²) in [5, 5.41) is 14.7. The molecule has 0 radical (unpaired) electrons. The van der Waals surface area contributed by atoms with E-state index in [1.54, 1.807) is 24.3 Å². The third-order valence-electron chi connectivity index (χ3n) is 5.61. The van der Waals surface area contributed by atoms with Crippen LogP contribution in [0.15, 0.2) is 41.8 Å². The van der Waals surface area contributed by atoms with Gasteiger partial charge in [-0.25, -0.2) is 4.90 Å². The van der Waals surface area contributed by atoms with Crippen molar-refractivity contribution >= 4 is 40.6 Å². The highest BCUT2D eigenvalue weighted by atomic mass is 32.1. The first-order chi connectivity index (χ1) is 13.3. The zero-order valence-electron chi connectivity index (χ0n) is 15.2. The second-order valence-corrected chi connectivity index (χ2v) is 8.24. The molecule has 28 heavy (non-hydrogen) atoms. The zero-order valence-corrected chi connectivity index (χ0v) is 16.0. The highest BCUT2D eigenvalue weighted by molar-refractivity contribution is 7.10. The molecule has 7 nitrogen and oxygen atoms in total. The molecule has 4 unspecified atom stereocenters. The topological polar surface area (TPSA) is 104 Å². The van der Waals surface area contributed by atoms with E-state index >= 15 is 0 Å². The molecule has 3 heterocycles. The molecule has 2 N–H and O–H groups in total. The van der Waals surface area contributed by atoms with Crippen molar-refractivity contribution in [1.29, 1.82) is 0 Å². The zero-order chi connectivity index (χ0) is 20.2. The Hall–Kier alpha value is -2.84. The number of hydrogen-bond acceptors (Lipinski definition) is 6. The number of carboxylic acid groups (broad SMARTS) is 1. The monoisotopic (exact) mass is 398 g/mol. The van der Waals surface area contributed by atoms with Gasteiger partial charge in [-0.15, -0.1) is 11.3 Å². The summed E-state index contributed by atoms with van der Waals surface area (Å²) >= 11 is 1.41. The Morgan fingerprint density at radius 2 is 1.82 bits per heavy atom. The number of aliphatic carboxylic acids is 1. The molecular weight excluding hydrogens is 380 g/mol. The standard InChI is InChI=1S/C20H18N2O5S/c1-10(23)11-5-7-12(8-6-11)22-17(24)14-15(18(22)25)20(2,19(26)27)21-16(14)13-4-3-9-28-13/h3-9,14-16,21H,1-2H3,(H,26,27). The minimum absolute atomic E-state index is 0.122. The summed E-state index contributed by atoms with van der Waals surface area (Å²) in [5.74, 6) is -4.08. The van der Waals surface area contributed by atoms with Crippen molar-refractivity contribution < 1.29 is 24.3 Å². The molecule has 2 amide bonds. The van der Waals surface area contributed by atoms with Gasteiger partial charge in [0.25, 0.3) is 0 Å². The van der Waals surface area contributed by atoms with Gasteiger partial charge in [-0.2, -0.15) is 0 Å². The molecule has 0 saturated carbocycles. The number of amides is 2. The van der Waals surface area contributed by atoms with Crippen LogP contribution in [0.4, 0.5) is 5.69 Å². The lowest BCUT2D eigenvalue weighted by Gasteiger charge is -2.27. The van der Waals surface area contributed by atoms with E-state index in [4.69, 9.17) is 0 Å². The van der Waals surface area contributed by atoms with E-state index in [-0.39, 0.29) is 5.78 Å². The number of anilines is 1. The minimum Gasteiger partial charge on any atom is -0.480 e. The minimum atomic E-state index is -1.56. The van der Waals surface area contributed by atoms with Gasteiger partial charge >= 0.3 is 5.97 Å². The normalized spacial score (nSPS) is 29.2. The molecule has 1 aromatic heterocycles. The third kappa shape index (κ3) is 2.52. The fourth-order valence-electron chi connectivity index (χ4n) is 4.15. The molecule has 0 bridgehead atoms. The maximum atomic E-state index is 13.2. The highest BCUT2D eigenvalue weighted by Crippen LogP contribution is 2.50. The largest absolute Gasteiger partial charge is 0.480 e. The van der Waals surface area contributed by atoms with Crippen LogP contribution in [0.25, 0.3) is 0 Å². The number of benzene rings is 1. The van der Waals surface area contributed by atoms with Crippen LogP contribution in [-0.2, 0) is 14.4 Å². The predicted octanol–water partition coefficient (Wildman–Crippen LogP) is 2.24. The van der Waals surface area contributed by atoms with E-state index in [9.17, 15) is 24.3 Å². The number of hydrogen-bond donors (Lipinski definition) is 2. The molecule has 2 aromatic rings. The van der Waals surface area contributed by atoms with Crippen molar-refractivity contribution in [2.24, 2.45) is 11.8 Å². The Morgan fingerprint density at radius 1 is 1.14 bits per heavy atom. The van der Waals surface area contributed by atoms with Crippen molar-refractivity contribution in [2.45, 2.75) is 25.4 Å². The van der Waals surface area contributed by atoms with E-state index in [1.807, 2.05) is 17.5 Å². The molecule has 2 aliphatic heterocycles. The molecule has 144 valence electrons. The number of thiophene rings is 1. The van der Waals surface area contributed by atoms with Crippen LogP contribution in [0.2, 0.25) is 0 Å². The van der Waals surface area contributed by atoms with Gasteiger partial charge in [0.15, 0.2) is 5.78 Å². The van der Waals surface area contributed by atoms with Crippen LogP contribution >= 0.6 is 11.3 Å². The predicted molar refractivity (Wildman–Crippen MR) is 102 cm³/mol. The van der Waals surface area contributed by atoms with Gasteiger partial charge in [-0.05, 0) is 49.6 Å². The Bertz CT molecular complexity index is 985. The Morgan fingerprint density at radius 3 is 2.36 bits per heavy atom. The van der Waals surface area contributed by atoms with Crippen LogP contribution in [0, 0.1) is 11.8 Å². The summed E-state index contributed by atoms with van der Waals surface area (Å²) in [5.41, 5.74) is -0.747. The van der Waals surface area contributed by atoms with Crippen molar-refractivity contribution in [1.82, 2.24) is 5.32 Å². The van der Waals surface area contributed by atoms with Crippen LogP contribution in [-0.4, -0.2) is 34.2 Å². The number of fused-ring (bicyclic) bond motifs is 1. The number of ketones is 1. The van der Waals surface area contributed by atoms with Gasteiger partial charge in [-0.1, -0.05) is 6.07 Å². The average molecular weight is 398 g/mol. The van der Waals surface area contributed by atoms with Crippen molar-refractivity contribution in [2.75, 3.05) is 4.90 Å². The molecule has 0 spiro atoms. The molecule has 4 atom stereocenters. The number of carboxylic acids is 1. The van der Waals surface area contributed by atoms with E-state index in [0.717, 1.165) is 9.78 Å². The van der Waals surface area contributed by atoms with Gasteiger partial charge in [0, 0.05) is 10.4 Å². The molecule has 2 fully saturated rings. The summed E-state index contributed by atoms with van der Waals surface area (Å²) in [6.45, 7) is 2.88. The maximum Gasteiger partial charge on any atom is 0.324 e. The number of carbonyl (C=O) groups is 4. The molecular formula is C20H18N2O5S. The molecule has 1 aromatic carbocycles. The SMILES string of the molecule is CC(=O)c1ccc(N2C(=O)C3C(c4cccs4)NC(C)(C(=O)O)C3C2=O)cc1. The summed E-state index contributed by atoms with van der Waals surface area (Å²) in [6, 6.07) is 9.29. The number of rotatable bonds is 4. The molecule has 4 rings (SSSR count). The maximum absolute atomic E-state index is 13.2. The average Bonchev–Trinajstić information content (AvgIpc) is 3.33. The lowest BCUT2D eigenvalue weighted by atomic mass is 9.81. The lowest BCUT2D eigenvalue weighted by Crippen LogP contribution is -2.53. The number of nitrogens with zero attached hydrogens (tertiary/aromatic N) is 1. The summed E-state index contributed by atoms with van der Waals surface area (Å²) in [7, 11) is 0. The summed E-state index contributed by atoms with van der Waals surface area (Å²) < 4.78 is 0. The Balaban J connectivity index is 1.78. The van der Waals surface area contributed by atoms with Crippen LogP contribution in [0.5, 0.6) is 0 Å². The smallest absolute Gasteiger partial charge is 0.324 e. The van der Waals surface area contributed by atoms with Gasteiger partial charge < -0.3 is 5.11 Å². The van der Waals surface area contributed by atoms with Crippen LogP contribution in [0.1, 0.15) is 35.1 Å². The fraction of sp³-hybridized carbons (Fsp3) is 0.300. The number of carbonyl (C=O) groups excluding carboxylic acids is 3. The van der Waals surface area contributed by atoms with E-state index < -0.39 is 41.2 Å². The van der Waals surface area contributed by atoms with Gasteiger partial charge in [0.1, 0.15) is 5.54 Å². The lowest BCUT2D eigenvalue weighted by molar-refractivity contribution is -0.147. The second-order valence-electron chi connectivity index (χ2n) is 7.26. The quantitative estimate of drug-likeness (QED) is 0.605. The Kier molecular flexibility index (Phi) is 4.20. The first-order valence-electron chi connectivity index (χ1n) is 8.79. The van der Waals surface area contributed by atoms with Crippen molar-refractivity contribution in [3.63, 3.8) is 0 Å². The van der Waals surface area contributed by atoms with Crippen molar-refractivity contribution in [3.8, 4) is 0 Å². The Labute approximate surface area is 165 Å². The number of nitrogens with one attached hydrogen (secondary N) is 1. The van der Waals surface area contributed by atoms with E-state index in [1.165, 1.54) is 25.2 Å². The van der Waals surface area contributed by atoms with E-state index in [2.05, 4.69) is 5.32 Å². The first-order valence-corrected chi connectivity index (χ1v) is 9.67. The van der Waals surface area contributed by atoms with E-state index in [0.29, 0.717) is 11.3 Å². The number of Topliss-reactive ketones (excluding diaryl/α,β-unsaturated/α-hetero) is 1. The van der Waals surface area contributed by atoms with Crippen LogP contribution in [0.3, 0.4) is 0 Å². The molecule has 2 saturated heterocycles. The fourth-order valence-corrected chi connectivity index (χ4v) is 4.97. The number of imide groups is 1. The third-order valence-corrected chi connectivity index (χ3v) is 6.57. The van der Waals surface area contributed by atoms with Crippen molar-refractivity contribution in [3.05, 3.63) is 52.2 Å². The van der Waals surface area contributed by atoms with Gasteiger partial charge in [0.2, 0.25) is 11.8 Å². The first kappa shape index (κ1) is 18.5. The van der Waals surface area contributed by atoms with Gasteiger partial charge in [0.05, 0.1) is 23.6 Å². The molecule has 0 aliphatic carbocycles. The molecule has 8 heteroatoms. The molecule has 2 aliphatic rings. The summed E-state index contributed by atoms with van der Waals surface area (Å²) in [4.78, 5) is 51.8. The van der Waals surface area contributed by atoms with Crippen LogP contribution < -0.4 is 10.2 Å². The van der Waals surface area contributed by atoms with Gasteiger partial charge in [-0.3, -0.25) is 24.5 Å². The second kappa shape index (κ2) is 6.35. The summed E-state index contributed by atoms with van der Waals surface area (Å²) in [6.07, 6.45) is 0.